The zero-order chi connectivity index (χ0) is 13.1. The van der Waals surface area contributed by atoms with Crippen molar-refractivity contribution >= 4 is 17.5 Å². The SMILES string of the molecule is COc1ccc(Nc2onc(C)c2C(=O)O)cc1. The standard InChI is InChI=1S/C12H12N2O4/c1-7-10(12(15)16)11(18-14-7)13-8-3-5-9(17-2)6-4-8/h3-6,13H,1-2H3,(H,15,16). The first kappa shape index (κ1) is 12.0. The number of aromatic nitrogens is 1. The fourth-order valence-corrected chi connectivity index (χ4v) is 1.51. The Labute approximate surface area is 103 Å². The number of rotatable bonds is 4. The van der Waals surface area contributed by atoms with E-state index in [2.05, 4.69) is 10.5 Å². The van der Waals surface area contributed by atoms with Crippen LogP contribution >= 0.6 is 0 Å². The van der Waals surface area contributed by atoms with E-state index in [0.29, 0.717) is 17.1 Å². The summed E-state index contributed by atoms with van der Waals surface area (Å²) in [5.41, 5.74) is 1.05. The van der Waals surface area contributed by atoms with Gasteiger partial charge >= 0.3 is 5.97 Å². The lowest BCUT2D eigenvalue weighted by Gasteiger charge is -2.04. The first-order chi connectivity index (χ1) is 8.61. The number of carbonyl (C=O) groups is 1. The Morgan fingerprint density at radius 1 is 1.39 bits per heavy atom. The van der Waals surface area contributed by atoms with Crippen LogP contribution < -0.4 is 10.1 Å². The fraction of sp³-hybridized carbons (Fsp3) is 0.167. The lowest BCUT2D eigenvalue weighted by molar-refractivity contribution is 0.0697. The van der Waals surface area contributed by atoms with Crippen molar-refractivity contribution in [3.8, 4) is 5.75 Å². The van der Waals surface area contributed by atoms with Crippen molar-refractivity contribution in [2.24, 2.45) is 0 Å². The number of hydrogen-bond donors (Lipinski definition) is 2. The van der Waals surface area contributed by atoms with Crippen LogP contribution in [-0.4, -0.2) is 23.3 Å². The molecule has 1 heterocycles. The molecule has 0 aliphatic heterocycles. The molecule has 6 heteroatoms. The van der Waals surface area contributed by atoms with Crippen LogP contribution in [0.3, 0.4) is 0 Å². The van der Waals surface area contributed by atoms with Gasteiger partial charge in [0.05, 0.1) is 12.8 Å². The average molecular weight is 248 g/mol. The summed E-state index contributed by atoms with van der Waals surface area (Å²) in [7, 11) is 1.57. The molecule has 6 nitrogen and oxygen atoms in total. The van der Waals surface area contributed by atoms with Gasteiger partial charge in [-0.05, 0) is 31.2 Å². The zero-order valence-corrected chi connectivity index (χ0v) is 9.93. The third-order valence-electron chi connectivity index (χ3n) is 2.42. The van der Waals surface area contributed by atoms with Crippen LogP contribution in [0.2, 0.25) is 0 Å². The van der Waals surface area contributed by atoms with Gasteiger partial charge in [-0.25, -0.2) is 4.79 Å². The van der Waals surface area contributed by atoms with E-state index in [0.717, 1.165) is 0 Å². The van der Waals surface area contributed by atoms with E-state index in [-0.39, 0.29) is 11.4 Å². The summed E-state index contributed by atoms with van der Waals surface area (Å²) in [6, 6.07) is 7.02. The molecule has 0 aliphatic carbocycles. The number of aryl methyl sites for hydroxylation is 1. The molecule has 0 unspecified atom stereocenters. The Morgan fingerprint density at radius 3 is 2.61 bits per heavy atom. The summed E-state index contributed by atoms with van der Waals surface area (Å²) in [6.45, 7) is 1.58. The highest BCUT2D eigenvalue weighted by Gasteiger charge is 2.19. The first-order valence-electron chi connectivity index (χ1n) is 5.22. The van der Waals surface area contributed by atoms with Gasteiger partial charge in [0.15, 0.2) is 0 Å². The first-order valence-corrected chi connectivity index (χ1v) is 5.22. The molecule has 94 valence electrons. The highest BCUT2D eigenvalue weighted by molar-refractivity contribution is 5.94. The Hall–Kier alpha value is -2.50. The highest BCUT2D eigenvalue weighted by atomic mass is 16.5. The molecular weight excluding hydrogens is 236 g/mol. The second-order valence-corrected chi connectivity index (χ2v) is 3.63. The molecule has 18 heavy (non-hydrogen) atoms. The average Bonchev–Trinajstić information content (AvgIpc) is 2.71. The minimum atomic E-state index is -1.08. The van der Waals surface area contributed by atoms with Crippen LogP contribution in [-0.2, 0) is 0 Å². The molecular formula is C12H12N2O4. The molecule has 0 bridgehead atoms. The van der Waals surface area contributed by atoms with E-state index in [1.54, 1.807) is 38.3 Å². The number of aromatic carboxylic acids is 1. The molecule has 2 aromatic rings. The zero-order valence-electron chi connectivity index (χ0n) is 9.93. The Bertz CT molecular complexity index is 560. The number of anilines is 2. The molecule has 0 radical (unpaired) electrons. The predicted octanol–water partition coefficient (Wildman–Crippen LogP) is 2.43. The van der Waals surface area contributed by atoms with Gasteiger partial charge in [-0.2, -0.15) is 0 Å². The van der Waals surface area contributed by atoms with Gasteiger partial charge in [-0.15, -0.1) is 0 Å². The maximum atomic E-state index is 11.0. The minimum absolute atomic E-state index is 0.0332. The van der Waals surface area contributed by atoms with Crippen molar-refractivity contribution in [1.82, 2.24) is 5.16 Å². The second-order valence-electron chi connectivity index (χ2n) is 3.63. The van der Waals surface area contributed by atoms with Crippen LogP contribution in [0.1, 0.15) is 16.1 Å². The van der Waals surface area contributed by atoms with Gasteiger partial charge in [-0.1, -0.05) is 5.16 Å². The molecule has 0 aliphatic rings. The van der Waals surface area contributed by atoms with E-state index in [4.69, 9.17) is 14.4 Å². The molecule has 0 spiro atoms. The summed E-state index contributed by atoms with van der Waals surface area (Å²) in [4.78, 5) is 11.0. The molecule has 0 amide bonds. The van der Waals surface area contributed by atoms with Crippen LogP contribution in [0.25, 0.3) is 0 Å². The van der Waals surface area contributed by atoms with Crippen LogP contribution in [0.5, 0.6) is 5.75 Å². The third kappa shape index (κ3) is 2.27. The molecule has 0 saturated carbocycles. The maximum Gasteiger partial charge on any atom is 0.343 e. The molecule has 1 aromatic carbocycles. The van der Waals surface area contributed by atoms with Gasteiger partial charge in [0.1, 0.15) is 11.3 Å². The largest absolute Gasteiger partial charge is 0.497 e. The Kier molecular flexibility index (Phi) is 3.18. The number of ether oxygens (including phenoxy) is 1. The highest BCUT2D eigenvalue weighted by Crippen LogP contribution is 2.24. The number of hydrogen-bond acceptors (Lipinski definition) is 5. The second kappa shape index (κ2) is 4.79. The van der Waals surface area contributed by atoms with Crippen LogP contribution in [0.4, 0.5) is 11.6 Å². The van der Waals surface area contributed by atoms with Crippen molar-refractivity contribution in [3.05, 3.63) is 35.5 Å². The predicted molar refractivity (Wildman–Crippen MR) is 64.5 cm³/mol. The van der Waals surface area contributed by atoms with E-state index in [9.17, 15) is 4.79 Å². The van der Waals surface area contributed by atoms with Gasteiger partial charge in [0, 0.05) is 5.69 Å². The van der Waals surface area contributed by atoms with Gasteiger partial charge in [0.25, 0.3) is 0 Å². The third-order valence-corrected chi connectivity index (χ3v) is 2.42. The lowest BCUT2D eigenvalue weighted by Crippen LogP contribution is -2.01. The molecule has 1 aromatic heterocycles. The Balaban J connectivity index is 2.25. The van der Waals surface area contributed by atoms with Crippen molar-refractivity contribution in [2.45, 2.75) is 6.92 Å². The molecule has 0 saturated heterocycles. The van der Waals surface area contributed by atoms with E-state index in [1.165, 1.54) is 0 Å². The summed E-state index contributed by atoms with van der Waals surface area (Å²) < 4.78 is 9.97. The van der Waals surface area contributed by atoms with Gasteiger partial charge < -0.3 is 19.7 Å². The lowest BCUT2D eigenvalue weighted by atomic mass is 10.2. The summed E-state index contributed by atoms with van der Waals surface area (Å²) in [5.74, 6) is -0.248. The molecule has 0 atom stereocenters. The fourth-order valence-electron chi connectivity index (χ4n) is 1.51. The maximum absolute atomic E-state index is 11.0. The number of carboxylic acids is 1. The quantitative estimate of drug-likeness (QED) is 0.864. The molecule has 2 rings (SSSR count). The summed E-state index contributed by atoms with van der Waals surface area (Å²) in [5, 5.41) is 15.5. The molecule has 2 N–H and O–H groups in total. The van der Waals surface area contributed by atoms with Gasteiger partial charge in [0.2, 0.25) is 5.88 Å². The number of methoxy groups -OCH3 is 1. The van der Waals surface area contributed by atoms with E-state index >= 15 is 0 Å². The summed E-state index contributed by atoms with van der Waals surface area (Å²) in [6.07, 6.45) is 0. The van der Waals surface area contributed by atoms with Crippen LogP contribution in [0, 0.1) is 6.92 Å². The van der Waals surface area contributed by atoms with Crippen molar-refractivity contribution in [2.75, 3.05) is 12.4 Å². The normalized spacial score (nSPS) is 10.1. The Morgan fingerprint density at radius 2 is 2.06 bits per heavy atom. The van der Waals surface area contributed by atoms with Crippen molar-refractivity contribution < 1.29 is 19.2 Å². The minimum Gasteiger partial charge on any atom is -0.497 e. The van der Waals surface area contributed by atoms with Crippen molar-refractivity contribution in [1.29, 1.82) is 0 Å². The van der Waals surface area contributed by atoms with E-state index in [1.807, 2.05) is 0 Å². The number of nitrogens with one attached hydrogen (secondary N) is 1. The number of carboxylic acid groups (broad SMARTS) is 1. The number of benzene rings is 1. The molecule has 0 fully saturated rings. The monoisotopic (exact) mass is 248 g/mol. The van der Waals surface area contributed by atoms with Crippen LogP contribution in [0.15, 0.2) is 28.8 Å². The van der Waals surface area contributed by atoms with Crippen molar-refractivity contribution in [3.63, 3.8) is 0 Å². The number of nitrogens with zero attached hydrogens (tertiary/aromatic N) is 1. The summed E-state index contributed by atoms with van der Waals surface area (Å²) >= 11 is 0. The smallest absolute Gasteiger partial charge is 0.343 e. The van der Waals surface area contributed by atoms with E-state index < -0.39 is 5.97 Å². The van der Waals surface area contributed by atoms with Gasteiger partial charge in [-0.3, -0.25) is 0 Å². The topological polar surface area (TPSA) is 84.6 Å².